The van der Waals surface area contributed by atoms with Gasteiger partial charge in [-0.25, -0.2) is 14.4 Å². The molecule has 2 aliphatic carbocycles. The van der Waals surface area contributed by atoms with Crippen LogP contribution in [0.4, 0.5) is 14.4 Å². The molecule has 2 aromatic carbocycles. The van der Waals surface area contributed by atoms with E-state index in [1.165, 1.54) is 11.9 Å². The summed E-state index contributed by atoms with van der Waals surface area (Å²) >= 11 is 0. The second-order valence-electron chi connectivity index (χ2n) is 27.1. The number of amides is 3. The Balaban J connectivity index is 0.000000249. The largest absolute Gasteiger partial charge is 0.445 e. The molecule has 38 nitrogen and oxygen atoms in total. The molecule has 18 unspecified atom stereocenters. The average Bonchev–Trinajstić information content (AvgIpc) is 1.49. The van der Waals surface area contributed by atoms with Crippen LogP contribution >= 0.6 is 0 Å². The fraction of sp³-hybridized carbons (Fsp3) is 0.766. The Bertz CT molecular complexity index is 2940. The molecule has 7 heterocycles. The molecule has 0 spiro atoms. The number of nitrogens with two attached hydrogens (primary N) is 6. The van der Waals surface area contributed by atoms with Crippen LogP contribution in [-0.2, 0) is 74.8 Å². The van der Waals surface area contributed by atoms with E-state index in [9.17, 15) is 70.6 Å². The molecule has 7 saturated heterocycles. The predicted octanol–water partition coefficient (Wildman–Crippen LogP) is -8.23. The van der Waals surface area contributed by atoms with Crippen molar-refractivity contribution in [2.45, 2.75) is 261 Å². The van der Waals surface area contributed by atoms with Gasteiger partial charge in [0.1, 0.15) is 105 Å². The summed E-state index contributed by atoms with van der Waals surface area (Å²) in [6, 6.07) is 9.42. The molecule has 3 amide bonds. The van der Waals surface area contributed by atoms with Gasteiger partial charge in [-0.2, -0.15) is 0 Å². The van der Waals surface area contributed by atoms with E-state index in [4.69, 9.17) is 96.0 Å². The standard InChI is InChI=1S/C39H52N4O16.C24H49N7O11.CH4/c1-18-13-23-32(33-26(43(2)39(51)58-33)35(54-23)59-36-30(48)28(46)25(40)24(15-44)55-36)57-34(18)56-31-22(42-38(50)53-17-20-11-7-4-8-12-20)14-21(27(45)29(31)47)41-37(49)52-16-19-9-5-3-6-10-19;1-30-14-17(35)21-11(3-10(29)22(41-21)40-20-9(28)2-8(27)15(33)18(20)36)38-23(14)42-24-19(37)16(34)13(12(6-32)39-24)31-7(4-25)5-26;/h3-12,18,21-36,44-48H,13-17,40H2,1-2H3,(H,41,49)(H,42,50);7-24,30-37H,2-6,25-29H2,1H3;1H4/t18?,21-,22?,23+,24?,25-,26?,27?,28+,29-,30?,31-,32?,33?,34+,35?,36-;8-,9?,10?,11+,12?,13-,14?,15?,16+,17?,18-,19?,20-,21?,22+,23?,24-;/m11./s1. The van der Waals surface area contributed by atoms with Gasteiger partial charge in [-0.05, 0) is 43.9 Å². The van der Waals surface area contributed by atoms with Crippen LogP contribution in [0.1, 0.15) is 51.2 Å². The number of nitrogens with one attached hydrogen (secondary N) is 4. The van der Waals surface area contributed by atoms with Crippen LogP contribution in [-0.4, -0.2) is 328 Å². The highest BCUT2D eigenvalue weighted by molar-refractivity contribution is 5.71. The molecule has 7 aliphatic heterocycles. The molecule has 9 aliphatic rings. The second kappa shape index (κ2) is 36.1. The molecule has 27 N–H and O–H groups in total. The molecular formula is C64H105N11O27. The summed E-state index contributed by atoms with van der Waals surface area (Å²) in [4.78, 5) is 40.2. The van der Waals surface area contributed by atoms with Gasteiger partial charge in [-0.3, -0.25) is 4.90 Å². The summed E-state index contributed by atoms with van der Waals surface area (Å²) in [5.41, 5.74) is 37.0. The number of benzene rings is 2. The summed E-state index contributed by atoms with van der Waals surface area (Å²) in [6.45, 7) is 0.937. The summed E-state index contributed by atoms with van der Waals surface area (Å²) in [6.07, 6.45) is -31.5. The summed E-state index contributed by atoms with van der Waals surface area (Å²) in [5, 5.41) is 129. The lowest BCUT2D eigenvalue weighted by Crippen LogP contribution is -2.70. The first-order chi connectivity index (χ1) is 48.3. The highest BCUT2D eigenvalue weighted by Crippen LogP contribution is 2.43. The number of likely N-dealkylation sites (N-methyl/N-ethyl adjacent to an activating group) is 2. The minimum atomic E-state index is -1.67. The number of rotatable bonds is 21. The van der Waals surface area contributed by atoms with E-state index >= 15 is 0 Å². The normalized spacial score (nSPS) is 43.3. The van der Waals surface area contributed by atoms with Crippen molar-refractivity contribution in [1.29, 1.82) is 0 Å². The van der Waals surface area contributed by atoms with Gasteiger partial charge in [-0.1, -0.05) is 75.0 Å². The fourth-order valence-electron chi connectivity index (χ4n) is 14.3. The van der Waals surface area contributed by atoms with Crippen molar-refractivity contribution in [2.75, 3.05) is 40.4 Å². The number of nitrogens with zero attached hydrogens (tertiary/aromatic N) is 1. The van der Waals surface area contributed by atoms with Crippen LogP contribution in [0.2, 0.25) is 0 Å². The number of ether oxygens (including phenoxy) is 13. The third-order valence-electron chi connectivity index (χ3n) is 20.2. The number of carbonyl (C=O) groups excluding carboxylic acids is 3. The SMILES string of the molecule is C.CC1C[C@@H]2OC(O[C@H]3OC(CO)[C@@H](N)[C@H](O)C3O)C3C(OC(=O)N3C)C2O[C@@H]1O[C@@H]1C(NC(=O)OCc2ccccc2)C[C@@H](NC(=O)OCc2ccccc2)C(O)[C@H]1O.CNC1C(O[C@H]2OC(CO)[C@@H](NC(CN)CN)[C@H](O)C2O)O[C@H]2CC(N)[C@@H](O[C@@H]3C(N)C[C@@H](N)C(O)[C@H]3O)OC2C1O. The van der Waals surface area contributed by atoms with E-state index in [1.807, 2.05) is 12.1 Å². The van der Waals surface area contributed by atoms with Crippen molar-refractivity contribution < 1.29 is 132 Å². The lowest BCUT2D eigenvalue weighted by atomic mass is 9.83. The summed E-state index contributed by atoms with van der Waals surface area (Å²) < 4.78 is 77.2. The van der Waals surface area contributed by atoms with E-state index in [0.29, 0.717) is 0 Å². The highest BCUT2D eigenvalue weighted by atomic mass is 16.8. The van der Waals surface area contributed by atoms with Gasteiger partial charge in [-0.15, -0.1) is 0 Å². The third-order valence-corrected chi connectivity index (χ3v) is 20.2. The summed E-state index contributed by atoms with van der Waals surface area (Å²) in [7, 11) is 3.02. The monoisotopic (exact) mass is 1460 g/mol. The van der Waals surface area contributed by atoms with Crippen molar-refractivity contribution in [3.63, 3.8) is 0 Å². The number of hydrogen-bond acceptors (Lipinski definition) is 35. The van der Waals surface area contributed by atoms with Gasteiger partial charge in [0.05, 0.1) is 67.8 Å². The van der Waals surface area contributed by atoms with E-state index in [0.717, 1.165) is 11.1 Å². The lowest BCUT2D eigenvalue weighted by Gasteiger charge is -2.51. The molecule has 0 bridgehead atoms. The van der Waals surface area contributed by atoms with E-state index in [2.05, 4.69) is 21.3 Å². The van der Waals surface area contributed by atoms with Crippen LogP contribution in [0.15, 0.2) is 60.7 Å². The molecule has 0 radical (unpaired) electrons. The van der Waals surface area contributed by atoms with Gasteiger partial charge in [0.2, 0.25) is 0 Å². The maximum absolute atomic E-state index is 13.2. The van der Waals surface area contributed by atoms with Crippen LogP contribution in [0, 0.1) is 5.92 Å². The molecule has 102 heavy (non-hydrogen) atoms. The molecule has 578 valence electrons. The first-order valence-corrected chi connectivity index (χ1v) is 33.9. The van der Waals surface area contributed by atoms with Crippen molar-refractivity contribution in [3.8, 4) is 0 Å². The number of hydrogen-bond donors (Lipinski definition) is 21. The van der Waals surface area contributed by atoms with Crippen molar-refractivity contribution in [2.24, 2.45) is 40.3 Å². The lowest BCUT2D eigenvalue weighted by molar-refractivity contribution is -0.375. The minimum absolute atomic E-state index is 0. The van der Waals surface area contributed by atoms with Gasteiger partial charge in [0, 0.05) is 44.2 Å². The predicted molar refractivity (Wildman–Crippen MR) is 349 cm³/mol. The van der Waals surface area contributed by atoms with Gasteiger partial charge in [0.15, 0.2) is 43.8 Å². The topological polar surface area (TPSA) is 601 Å². The molecule has 2 saturated carbocycles. The minimum Gasteiger partial charge on any atom is -0.445 e. The molecule has 9 fully saturated rings. The van der Waals surface area contributed by atoms with Crippen molar-refractivity contribution in [3.05, 3.63) is 71.8 Å². The highest BCUT2D eigenvalue weighted by Gasteiger charge is 2.62. The van der Waals surface area contributed by atoms with E-state index < -0.39 is 245 Å². The van der Waals surface area contributed by atoms with Crippen LogP contribution in [0.25, 0.3) is 0 Å². The smallest absolute Gasteiger partial charge is 0.410 e. The zero-order valence-electron chi connectivity index (χ0n) is 55.9. The Morgan fingerprint density at radius 2 is 1.08 bits per heavy atom. The van der Waals surface area contributed by atoms with E-state index in [-0.39, 0.29) is 59.4 Å². The number of alkyl carbamates (subject to hydrolysis) is 2. The molecule has 38 heteroatoms. The zero-order chi connectivity index (χ0) is 72.8. The maximum Gasteiger partial charge on any atom is 0.410 e. The Labute approximate surface area is 588 Å². The fourth-order valence-corrected chi connectivity index (χ4v) is 14.3. The molecule has 0 aromatic heterocycles. The van der Waals surface area contributed by atoms with Crippen LogP contribution in [0.3, 0.4) is 0 Å². The summed E-state index contributed by atoms with van der Waals surface area (Å²) in [5.74, 6) is -0.475. The van der Waals surface area contributed by atoms with Crippen molar-refractivity contribution in [1.82, 2.24) is 26.2 Å². The number of fused-ring (bicyclic) bond motifs is 4. The Morgan fingerprint density at radius 1 is 0.539 bits per heavy atom. The molecule has 11 rings (SSSR count). The third kappa shape index (κ3) is 18.2. The Morgan fingerprint density at radius 3 is 1.68 bits per heavy atom. The Hall–Kier alpha value is -4.91. The van der Waals surface area contributed by atoms with Crippen molar-refractivity contribution >= 4 is 18.3 Å². The van der Waals surface area contributed by atoms with Gasteiger partial charge >= 0.3 is 18.3 Å². The second-order valence-corrected chi connectivity index (χ2v) is 27.1. The maximum atomic E-state index is 13.2. The molecule has 2 aromatic rings. The molecule has 34 atom stereocenters. The van der Waals surface area contributed by atoms with Gasteiger partial charge in [0.25, 0.3) is 0 Å². The first-order valence-electron chi connectivity index (χ1n) is 33.9. The Kier molecular flexibility index (Phi) is 28.7. The quantitative estimate of drug-likeness (QED) is 0.0516. The zero-order valence-corrected chi connectivity index (χ0v) is 55.9. The average molecular weight is 1460 g/mol. The number of aliphatic hydroxyl groups excluding tert-OH is 11. The number of aliphatic hydroxyl groups is 11. The molecular weight excluding hydrogens is 1350 g/mol. The van der Waals surface area contributed by atoms with Gasteiger partial charge < -0.3 is 173 Å². The van der Waals surface area contributed by atoms with Crippen LogP contribution < -0.4 is 55.7 Å². The van der Waals surface area contributed by atoms with Crippen LogP contribution in [0.5, 0.6) is 0 Å². The number of carbonyl (C=O) groups is 3. The first kappa shape index (κ1) is 81.2. The van der Waals surface area contributed by atoms with E-state index in [1.54, 1.807) is 62.5 Å².